The number of rotatable bonds is 3. The fourth-order valence-electron chi connectivity index (χ4n) is 0.799. The van der Waals surface area contributed by atoms with E-state index < -0.39 is 17.2 Å². The Kier molecular flexibility index (Phi) is 4.11. The van der Waals surface area contributed by atoms with Crippen LogP contribution in [0.15, 0.2) is 5.16 Å². The predicted molar refractivity (Wildman–Crippen MR) is 58.7 cm³/mol. The first-order chi connectivity index (χ1) is 7.52. The average molecular weight is 244 g/mol. The van der Waals surface area contributed by atoms with Gasteiger partial charge in [0.15, 0.2) is 0 Å². The molecule has 1 aromatic rings. The molecule has 5 N–H and O–H groups in total. The summed E-state index contributed by atoms with van der Waals surface area (Å²) in [4.78, 5) is 26.1. The molecular formula is C7H12N6O2S. The molecule has 1 heterocycles. The molecule has 1 rings (SSSR count). The van der Waals surface area contributed by atoms with Gasteiger partial charge >= 0.3 is 6.03 Å². The van der Waals surface area contributed by atoms with Crippen molar-refractivity contribution in [3.63, 3.8) is 0 Å². The van der Waals surface area contributed by atoms with E-state index >= 15 is 0 Å². The van der Waals surface area contributed by atoms with Crippen LogP contribution in [0.25, 0.3) is 0 Å². The Labute approximate surface area is 95.8 Å². The van der Waals surface area contributed by atoms with Crippen molar-refractivity contribution >= 4 is 29.6 Å². The van der Waals surface area contributed by atoms with Gasteiger partial charge in [0.25, 0.3) is 0 Å². The van der Waals surface area contributed by atoms with Crippen LogP contribution in [0.3, 0.4) is 0 Å². The van der Waals surface area contributed by atoms with Crippen LogP contribution in [-0.2, 0) is 4.79 Å². The highest BCUT2D eigenvalue weighted by molar-refractivity contribution is 8.00. The number of hydrogen-bond acceptors (Lipinski definition) is 6. The van der Waals surface area contributed by atoms with E-state index in [1.165, 1.54) is 7.05 Å². The van der Waals surface area contributed by atoms with Gasteiger partial charge < -0.3 is 11.1 Å². The van der Waals surface area contributed by atoms with E-state index in [-0.39, 0.29) is 5.95 Å². The van der Waals surface area contributed by atoms with Crippen LogP contribution < -0.4 is 16.4 Å². The third kappa shape index (κ3) is 3.42. The summed E-state index contributed by atoms with van der Waals surface area (Å²) in [6.07, 6.45) is 0. The first kappa shape index (κ1) is 12.3. The molecule has 1 aromatic heterocycles. The summed E-state index contributed by atoms with van der Waals surface area (Å²) in [6, 6.07) is -0.549. The number of nitrogens with zero attached hydrogens (tertiary/aromatic N) is 2. The number of imide groups is 1. The van der Waals surface area contributed by atoms with Crippen LogP contribution in [0, 0.1) is 0 Å². The highest BCUT2D eigenvalue weighted by Crippen LogP contribution is 2.19. The molecule has 0 aliphatic heterocycles. The molecule has 0 saturated carbocycles. The second-order valence-corrected chi connectivity index (χ2v) is 4.14. The molecule has 16 heavy (non-hydrogen) atoms. The van der Waals surface area contributed by atoms with Gasteiger partial charge in [0.2, 0.25) is 17.0 Å². The zero-order valence-corrected chi connectivity index (χ0v) is 9.59. The van der Waals surface area contributed by atoms with Crippen molar-refractivity contribution in [2.45, 2.75) is 17.3 Å². The molecule has 3 amide bonds. The lowest BCUT2D eigenvalue weighted by Gasteiger charge is -2.08. The molecule has 0 aliphatic rings. The van der Waals surface area contributed by atoms with Gasteiger partial charge in [-0.2, -0.15) is 4.98 Å². The lowest BCUT2D eigenvalue weighted by atomic mass is 10.4. The largest absolute Gasteiger partial charge is 0.368 e. The summed E-state index contributed by atoms with van der Waals surface area (Å²) in [6.45, 7) is 1.63. The number of anilines is 1. The summed E-state index contributed by atoms with van der Waals surface area (Å²) in [7, 11) is 1.43. The normalized spacial score (nSPS) is 11.9. The lowest BCUT2D eigenvalue weighted by molar-refractivity contribution is -0.119. The molecule has 0 aliphatic carbocycles. The first-order valence-corrected chi connectivity index (χ1v) is 5.28. The van der Waals surface area contributed by atoms with Gasteiger partial charge in [-0.05, 0) is 6.92 Å². The maximum atomic E-state index is 11.4. The fraction of sp³-hybridized carbons (Fsp3) is 0.429. The Morgan fingerprint density at radius 3 is 2.75 bits per heavy atom. The van der Waals surface area contributed by atoms with E-state index in [9.17, 15) is 9.59 Å². The SMILES string of the molecule is CNC(=O)NC(=O)C(C)Sc1n[nH]c(N)n1. The van der Waals surface area contributed by atoms with Gasteiger partial charge in [0.05, 0.1) is 5.25 Å². The van der Waals surface area contributed by atoms with Crippen molar-refractivity contribution in [2.75, 3.05) is 12.8 Å². The van der Waals surface area contributed by atoms with E-state index in [4.69, 9.17) is 5.73 Å². The maximum absolute atomic E-state index is 11.4. The van der Waals surface area contributed by atoms with Crippen molar-refractivity contribution in [1.82, 2.24) is 25.8 Å². The molecule has 1 atom stereocenters. The number of hydrogen-bond donors (Lipinski definition) is 4. The van der Waals surface area contributed by atoms with Crippen molar-refractivity contribution in [3.8, 4) is 0 Å². The van der Waals surface area contributed by atoms with Crippen LogP contribution >= 0.6 is 11.8 Å². The van der Waals surface area contributed by atoms with Gasteiger partial charge in [0.1, 0.15) is 0 Å². The highest BCUT2D eigenvalue weighted by Gasteiger charge is 2.18. The highest BCUT2D eigenvalue weighted by atomic mass is 32.2. The number of carbonyl (C=O) groups excluding carboxylic acids is 2. The number of urea groups is 1. The van der Waals surface area contributed by atoms with Crippen molar-refractivity contribution in [3.05, 3.63) is 0 Å². The fourth-order valence-corrected chi connectivity index (χ4v) is 1.53. The molecule has 1 unspecified atom stereocenters. The number of amides is 3. The third-order valence-corrected chi connectivity index (χ3v) is 2.56. The van der Waals surface area contributed by atoms with Crippen molar-refractivity contribution in [2.24, 2.45) is 0 Å². The minimum atomic E-state index is -0.549. The molecule has 0 aromatic carbocycles. The minimum absolute atomic E-state index is 0.182. The van der Waals surface area contributed by atoms with Gasteiger partial charge in [-0.25, -0.2) is 9.89 Å². The summed E-state index contributed by atoms with van der Waals surface area (Å²) >= 11 is 1.10. The quantitative estimate of drug-likeness (QED) is 0.522. The number of nitrogens with one attached hydrogen (secondary N) is 3. The summed E-state index contributed by atoms with van der Waals surface area (Å²) in [5.74, 6) is -0.242. The Balaban J connectivity index is 2.48. The summed E-state index contributed by atoms with van der Waals surface area (Å²) in [5, 5.41) is 10.5. The van der Waals surface area contributed by atoms with Crippen molar-refractivity contribution < 1.29 is 9.59 Å². The van der Waals surface area contributed by atoms with Crippen LogP contribution in [0.1, 0.15) is 6.92 Å². The molecule has 8 nitrogen and oxygen atoms in total. The topological polar surface area (TPSA) is 126 Å². The minimum Gasteiger partial charge on any atom is -0.368 e. The van der Waals surface area contributed by atoms with E-state index in [0.717, 1.165) is 11.8 Å². The third-order valence-electron chi connectivity index (χ3n) is 1.60. The van der Waals surface area contributed by atoms with Gasteiger partial charge in [0, 0.05) is 7.05 Å². The number of aromatic amines is 1. The maximum Gasteiger partial charge on any atom is 0.321 e. The number of carbonyl (C=O) groups is 2. The van der Waals surface area contributed by atoms with Crippen molar-refractivity contribution in [1.29, 1.82) is 0 Å². The summed E-state index contributed by atoms with van der Waals surface area (Å²) < 4.78 is 0. The molecule has 0 bridgehead atoms. The van der Waals surface area contributed by atoms with Crippen LogP contribution in [-0.4, -0.2) is 39.4 Å². The zero-order valence-electron chi connectivity index (χ0n) is 8.77. The smallest absolute Gasteiger partial charge is 0.321 e. The van der Waals surface area contributed by atoms with Crippen LogP contribution in [0.2, 0.25) is 0 Å². The summed E-state index contributed by atoms with van der Waals surface area (Å²) in [5.41, 5.74) is 5.33. The number of nitrogen functional groups attached to an aromatic ring is 1. The van der Waals surface area contributed by atoms with Gasteiger partial charge in [-0.15, -0.1) is 5.10 Å². The number of thioether (sulfide) groups is 1. The molecule has 0 fully saturated rings. The molecule has 0 saturated heterocycles. The van der Waals surface area contributed by atoms with E-state index in [0.29, 0.717) is 5.16 Å². The molecule has 9 heteroatoms. The standard InChI is InChI=1S/C7H12N6O2S/c1-3(4(14)10-6(15)9-2)16-7-11-5(8)12-13-7/h3H,1-2H3,(H3,8,11,12,13)(H2,9,10,14,15). The number of aromatic nitrogens is 3. The predicted octanol–water partition coefficient (Wildman–Crippen LogP) is -0.677. The van der Waals surface area contributed by atoms with Gasteiger partial charge in [-0.1, -0.05) is 11.8 Å². The Morgan fingerprint density at radius 2 is 2.25 bits per heavy atom. The number of H-pyrrole nitrogens is 1. The second-order valence-electron chi connectivity index (χ2n) is 2.83. The number of nitrogens with two attached hydrogens (primary N) is 1. The molecule has 88 valence electrons. The monoisotopic (exact) mass is 244 g/mol. The van der Waals surface area contributed by atoms with E-state index in [2.05, 4.69) is 25.8 Å². The van der Waals surface area contributed by atoms with Crippen LogP contribution in [0.4, 0.5) is 10.7 Å². The molecule has 0 spiro atoms. The van der Waals surface area contributed by atoms with Gasteiger partial charge in [-0.3, -0.25) is 10.1 Å². The second kappa shape index (κ2) is 5.35. The zero-order chi connectivity index (χ0) is 12.1. The van der Waals surface area contributed by atoms with E-state index in [1.807, 2.05) is 0 Å². The Hall–Kier alpha value is -1.77. The molecule has 0 radical (unpaired) electrons. The average Bonchev–Trinajstić information content (AvgIpc) is 2.63. The van der Waals surface area contributed by atoms with E-state index in [1.54, 1.807) is 6.92 Å². The lowest BCUT2D eigenvalue weighted by Crippen LogP contribution is -2.41. The first-order valence-electron chi connectivity index (χ1n) is 4.40. The Bertz CT molecular complexity index is 392. The Morgan fingerprint density at radius 1 is 1.56 bits per heavy atom. The van der Waals surface area contributed by atoms with Crippen LogP contribution in [0.5, 0.6) is 0 Å². The molecular weight excluding hydrogens is 232 g/mol.